The smallest absolute Gasteiger partial charge is 0.287 e. The second kappa shape index (κ2) is 5.32. The Balaban J connectivity index is 2.47. The summed E-state index contributed by atoms with van der Waals surface area (Å²) < 4.78 is 15.9. The molecule has 2 atom stereocenters. The zero-order chi connectivity index (χ0) is 11.4. The largest absolute Gasteiger partial charge is 0.440 e. The van der Waals surface area contributed by atoms with Crippen LogP contribution in [0, 0.1) is 0 Å². The third-order valence-corrected chi connectivity index (χ3v) is 3.42. The van der Waals surface area contributed by atoms with Gasteiger partial charge in [0.15, 0.2) is 11.0 Å². The Bertz CT molecular complexity index is 377. The molecule has 2 unspecified atom stereocenters. The molecule has 1 rings (SSSR count). The van der Waals surface area contributed by atoms with E-state index in [0.717, 1.165) is 0 Å². The van der Waals surface area contributed by atoms with Crippen molar-refractivity contribution >= 4 is 28.3 Å². The van der Waals surface area contributed by atoms with E-state index in [1.165, 1.54) is 12.1 Å². The molecule has 84 valence electrons. The topological polar surface area (TPSA) is 59.3 Å². The predicted octanol–water partition coefficient (Wildman–Crippen LogP) is 1.43. The molecule has 0 aliphatic carbocycles. The van der Waals surface area contributed by atoms with Crippen LogP contribution >= 0.6 is 11.6 Å². The Hall–Kier alpha value is -0.810. The molecular weight excluding hydrogens is 238 g/mol. The van der Waals surface area contributed by atoms with Gasteiger partial charge in [-0.1, -0.05) is 0 Å². The lowest BCUT2D eigenvalue weighted by Gasteiger charge is -2.08. The zero-order valence-electron chi connectivity index (χ0n) is 8.45. The van der Waals surface area contributed by atoms with E-state index in [1.807, 2.05) is 0 Å². The van der Waals surface area contributed by atoms with Crippen molar-refractivity contribution < 1.29 is 13.4 Å². The third-order valence-electron chi connectivity index (χ3n) is 1.91. The van der Waals surface area contributed by atoms with Gasteiger partial charge in [0.1, 0.15) is 0 Å². The van der Waals surface area contributed by atoms with Crippen molar-refractivity contribution in [3.8, 4) is 0 Å². The zero-order valence-corrected chi connectivity index (χ0v) is 10.0. The maximum absolute atomic E-state index is 11.4. The summed E-state index contributed by atoms with van der Waals surface area (Å²) in [4.78, 5) is 11.4. The number of furan rings is 1. The van der Waals surface area contributed by atoms with E-state index in [2.05, 4.69) is 5.32 Å². The quantitative estimate of drug-likeness (QED) is 0.878. The predicted molar refractivity (Wildman–Crippen MR) is 59.6 cm³/mol. The average molecular weight is 250 g/mol. The molecule has 0 bridgehead atoms. The van der Waals surface area contributed by atoms with Crippen molar-refractivity contribution in [2.24, 2.45) is 0 Å². The van der Waals surface area contributed by atoms with Gasteiger partial charge in [0.05, 0.1) is 0 Å². The minimum Gasteiger partial charge on any atom is -0.440 e. The van der Waals surface area contributed by atoms with Gasteiger partial charge >= 0.3 is 0 Å². The molecule has 0 radical (unpaired) electrons. The van der Waals surface area contributed by atoms with Crippen molar-refractivity contribution in [2.45, 2.75) is 12.2 Å². The number of halogens is 1. The van der Waals surface area contributed by atoms with Crippen LogP contribution in [0.15, 0.2) is 16.5 Å². The average Bonchev–Trinajstić information content (AvgIpc) is 2.60. The fourth-order valence-electron chi connectivity index (χ4n) is 0.877. The number of carbonyl (C=O) groups is 1. The molecular formula is C9H12ClNO3S. The maximum Gasteiger partial charge on any atom is 0.287 e. The van der Waals surface area contributed by atoms with Gasteiger partial charge in [-0.2, -0.15) is 0 Å². The summed E-state index contributed by atoms with van der Waals surface area (Å²) in [5, 5.41) is 2.70. The van der Waals surface area contributed by atoms with Gasteiger partial charge in [-0.15, -0.1) is 0 Å². The van der Waals surface area contributed by atoms with Gasteiger partial charge in [0, 0.05) is 28.9 Å². The fourth-order valence-corrected chi connectivity index (χ4v) is 1.34. The lowest BCUT2D eigenvalue weighted by molar-refractivity contribution is 0.0926. The molecule has 15 heavy (non-hydrogen) atoms. The molecule has 6 heteroatoms. The van der Waals surface area contributed by atoms with E-state index in [1.54, 1.807) is 13.2 Å². The summed E-state index contributed by atoms with van der Waals surface area (Å²) in [5.41, 5.74) is 0. The number of hydrogen-bond donors (Lipinski definition) is 1. The van der Waals surface area contributed by atoms with E-state index in [4.69, 9.17) is 16.0 Å². The summed E-state index contributed by atoms with van der Waals surface area (Å²) in [6.07, 6.45) is 1.60. The summed E-state index contributed by atoms with van der Waals surface area (Å²) in [5.74, 6) is -0.187. The Kier molecular flexibility index (Phi) is 4.35. The molecule has 0 saturated carbocycles. The Morgan fingerprint density at radius 2 is 2.33 bits per heavy atom. The highest BCUT2D eigenvalue weighted by Gasteiger charge is 2.12. The summed E-state index contributed by atoms with van der Waals surface area (Å²) in [6, 6.07) is 2.99. The van der Waals surface area contributed by atoms with Crippen molar-refractivity contribution in [2.75, 3.05) is 12.8 Å². The molecule has 1 N–H and O–H groups in total. The first kappa shape index (κ1) is 12.3. The minimum atomic E-state index is -0.949. The fraction of sp³-hybridized carbons (Fsp3) is 0.444. The molecule has 1 aromatic heterocycles. The van der Waals surface area contributed by atoms with Gasteiger partial charge in [0.2, 0.25) is 0 Å². The van der Waals surface area contributed by atoms with Crippen molar-refractivity contribution in [3.63, 3.8) is 0 Å². The van der Waals surface area contributed by atoms with Gasteiger partial charge in [-0.3, -0.25) is 9.00 Å². The van der Waals surface area contributed by atoms with Crippen LogP contribution in [-0.2, 0) is 10.8 Å². The first-order chi connectivity index (χ1) is 7.00. The van der Waals surface area contributed by atoms with Crippen LogP contribution in [0.1, 0.15) is 17.5 Å². The summed E-state index contributed by atoms with van der Waals surface area (Å²) in [6.45, 7) is 2.14. The molecule has 0 fully saturated rings. The number of rotatable bonds is 4. The Morgan fingerprint density at radius 1 is 1.67 bits per heavy atom. The molecule has 0 saturated heterocycles. The highest BCUT2D eigenvalue weighted by Crippen LogP contribution is 2.12. The first-order valence-corrected chi connectivity index (χ1v) is 6.36. The highest BCUT2D eigenvalue weighted by atomic mass is 35.5. The lowest BCUT2D eigenvalue weighted by Crippen LogP contribution is -2.32. The first-order valence-electron chi connectivity index (χ1n) is 4.36. The molecule has 0 spiro atoms. The highest BCUT2D eigenvalue weighted by molar-refractivity contribution is 7.84. The van der Waals surface area contributed by atoms with Crippen LogP contribution in [0.5, 0.6) is 0 Å². The Labute approximate surface area is 95.4 Å². The lowest BCUT2D eigenvalue weighted by atomic mass is 10.4. The monoisotopic (exact) mass is 249 g/mol. The second-order valence-corrected chi connectivity index (χ2v) is 5.30. The van der Waals surface area contributed by atoms with Crippen LogP contribution in [0.25, 0.3) is 0 Å². The van der Waals surface area contributed by atoms with Crippen LogP contribution in [0.2, 0.25) is 5.22 Å². The number of hydrogen-bond acceptors (Lipinski definition) is 3. The molecule has 1 heterocycles. The Morgan fingerprint density at radius 3 is 2.80 bits per heavy atom. The third kappa shape index (κ3) is 3.68. The molecule has 0 aliphatic rings. The van der Waals surface area contributed by atoms with Crippen LogP contribution < -0.4 is 5.32 Å². The molecule has 0 aromatic carbocycles. The van der Waals surface area contributed by atoms with Gasteiger partial charge in [0.25, 0.3) is 5.91 Å². The van der Waals surface area contributed by atoms with Gasteiger partial charge in [-0.05, 0) is 30.7 Å². The summed E-state index contributed by atoms with van der Waals surface area (Å²) in [7, 11) is -0.949. The summed E-state index contributed by atoms with van der Waals surface area (Å²) >= 11 is 5.52. The van der Waals surface area contributed by atoms with E-state index >= 15 is 0 Å². The molecule has 0 aliphatic heterocycles. The van der Waals surface area contributed by atoms with Crippen LogP contribution in [-0.4, -0.2) is 28.2 Å². The van der Waals surface area contributed by atoms with Crippen molar-refractivity contribution in [1.82, 2.24) is 5.32 Å². The van der Waals surface area contributed by atoms with E-state index < -0.39 is 10.8 Å². The van der Waals surface area contributed by atoms with E-state index in [9.17, 15) is 9.00 Å². The van der Waals surface area contributed by atoms with Crippen LogP contribution in [0.3, 0.4) is 0 Å². The number of carbonyl (C=O) groups excluding carboxylic acids is 1. The van der Waals surface area contributed by atoms with Gasteiger partial charge < -0.3 is 9.73 Å². The molecule has 4 nitrogen and oxygen atoms in total. The minimum absolute atomic E-state index is 0.0839. The molecule has 1 amide bonds. The molecule has 1 aromatic rings. The number of nitrogens with one attached hydrogen (secondary N) is 1. The van der Waals surface area contributed by atoms with Crippen molar-refractivity contribution in [1.29, 1.82) is 0 Å². The second-order valence-electron chi connectivity index (χ2n) is 3.12. The van der Waals surface area contributed by atoms with Crippen molar-refractivity contribution in [3.05, 3.63) is 23.1 Å². The standard InChI is InChI=1S/C9H12ClNO3S/c1-6(15(2)13)5-11-9(12)7-3-4-8(10)14-7/h3-4,6H,5H2,1-2H3,(H,11,12). The normalized spacial score (nSPS) is 14.6. The number of amides is 1. The SMILES string of the molecule is CC(CNC(=O)c1ccc(Cl)o1)S(C)=O. The van der Waals surface area contributed by atoms with Crippen LogP contribution in [0.4, 0.5) is 0 Å². The van der Waals surface area contributed by atoms with E-state index in [-0.39, 0.29) is 22.1 Å². The van der Waals surface area contributed by atoms with Gasteiger partial charge in [-0.25, -0.2) is 0 Å². The maximum atomic E-state index is 11.4. The van der Waals surface area contributed by atoms with E-state index in [0.29, 0.717) is 6.54 Å².